The molecule has 2 aliphatic rings. The fraction of sp³-hybridized carbons (Fsp3) is 0.556. The van der Waals surface area contributed by atoms with E-state index in [2.05, 4.69) is 12.1 Å². The molecular weight excluding hydrogens is 264 g/mol. The lowest BCUT2D eigenvalue weighted by Crippen LogP contribution is -2.45. The van der Waals surface area contributed by atoms with Crippen molar-refractivity contribution in [1.29, 1.82) is 0 Å². The monoisotopic (exact) mass is 286 g/mol. The van der Waals surface area contributed by atoms with Gasteiger partial charge in [0.15, 0.2) is 0 Å². The second kappa shape index (κ2) is 5.63. The van der Waals surface area contributed by atoms with Crippen LogP contribution >= 0.6 is 0 Å². The summed E-state index contributed by atoms with van der Waals surface area (Å²) in [5.74, 6) is 0.128. The van der Waals surface area contributed by atoms with Gasteiger partial charge in [0.2, 0.25) is 0 Å². The molecule has 2 atom stereocenters. The topological polar surface area (TPSA) is 43.4 Å². The summed E-state index contributed by atoms with van der Waals surface area (Å²) in [6.45, 7) is 2.15. The van der Waals surface area contributed by atoms with E-state index in [0.29, 0.717) is 31.8 Å². The minimum absolute atomic E-state index is 0.0941. The predicted octanol–water partition coefficient (Wildman–Crippen LogP) is 3.41. The number of carbonyl (C=O) groups is 2. The molecule has 1 saturated carbocycles. The molecule has 0 N–H and O–H groups in total. The van der Waals surface area contributed by atoms with E-state index in [1.54, 1.807) is 6.92 Å². The zero-order chi connectivity index (χ0) is 14.9. The van der Waals surface area contributed by atoms with Gasteiger partial charge in [-0.3, -0.25) is 9.59 Å². The summed E-state index contributed by atoms with van der Waals surface area (Å²) in [7, 11) is 0. The van der Waals surface area contributed by atoms with Gasteiger partial charge in [0.1, 0.15) is 11.2 Å². The van der Waals surface area contributed by atoms with Crippen molar-refractivity contribution in [2.45, 2.75) is 51.4 Å². The SMILES string of the molecule is CCOC(=O)C1(CC2Cc3ccccc32)CCCCC1=O. The van der Waals surface area contributed by atoms with Crippen molar-refractivity contribution in [1.82, 2.24) is 0 Å². The third-order valence-corrected chi connectivity index (χ3v) is 5.01. The molecule has 0 radical (unpaired) electrons. The Morgan fingerprint density at radius 2 is 2.14 bits per heavy atom. The Labute approximate surface area is 125 Å². The highest BCUT2D eigenvalue weighted by molar-refractivity contribution is 6.04. The van der Waals surface area contributed by atoms with E-state index in [9.17, 15) is 9.59 Å². The lowest BCUT2D eigenvalue weighted by molar-refractivity contribution is -0.163. The number of rotatable bonds is 4. The van der Waals surface area contributed by atoms with Crippen LogP contribution in [0.3, 0.4) is 0 Å². The van der Waals surface area contributed by atoms with E-state index in [-0.39, 0.29) is 11.8 Å². The average Bonchev–Trinajstić information content (AvgIpc) is 2.47. The summed E-state index contributed by atoms with van der Waals surface area (Å²) in [6.07, 6.45) is 4.63. The molecule has 21 heavy (non-hydrogen) atoms. The Hall–Kier alpha value is -1.64. The molecule has 0 heterocycles. The Morgan fingerprint density at radius 1 is 1.33 bits per heavy atom. The maximum absolute atomic E-state index is 12.5. The molecule has 0 amide bonds. The molecule has 1 aromatic carbocycles. The van der Waals surface area contributed by atoms with Crippen molar-refractivity contribution >= 4 is 11.8 Å². The minimum atomic E-state index is -0.882. The molecule has 112 valence electrons. The first-order chi connectivity index (χ1) is 10.2. The van der Waals surface area contributed by atoms with Crippen LogP contribution in [-0.2, 0) is 20.7 Å². The Morgan fingerprint density at radius 3 is 2.86 bits per heavy atom. The molecule has 1 fully saturated rings. The van der Waals surface area contributed by atoms with E-state index in [0.717, 1.165) is 19.3 Å². The number of benzene rings is 1. The summed E-state index contributed by atoms with van der Waals surface area (Å²) in [5, 5.41) is 0. The van der Waals surface area contributed by atoms with Crippen LogP contribution < -0.4 is 0 Å². The third-order valence-electron chi connectivity index (χ3n) is 5.01. The number of carbonyl (C=O) groups excluding carboxylic acids is 2. The van der Waals surface area contributed by atoms with Crippen molar-refractivity contribution in [3.05, 3.63) is 35.4 Å². The Kier molecular flexibility index (Phi) is 3.83. The van der Waals surface area contributed by atoms with Gasteiger partial charge in [-0.1, -0.05) is 30.7 Å². The normalized spacial score (nSPS) is 27.7. The number of ether oxygens (including phenoxy) is 1. The second-order valence-corrected chi connectivity index (χ2v) is 6.24. The van der Waals surface area contributed by atoms with Gasteiger partial charge in [0.05, 0.1) is 6.61 Å². The van der Waals surface area contributed by atoms with Gasteiger partial charge in [-0.25, -0.2) is 0 Å². The summed E-state index contributed by atoms with van der Waals surface area (Å²) in [4.78, 5) is 25.0. The average molecular weight is 286 g/mol. The Bertz CT molecular complexity index is 563. The zero-order valence-electron chi connectivity index (χ0n) is 12.6. The predicted molar refractivity (Wildman–Crippen MR) is 80.0 cm³/mol. The molecule has 1 aromatic rings. The van der Waals surface area contributed by atoms with Gasteiger partial charge >= 0.3 is 5.97 Å². The maximum Gasteiger partial charge on any atom is 0.319 e. The van der Waals surface area contributed by atoms with Crippen molar-refractivity contribution in [2.75, 3.05) is 6.61 Å². The van der Waals surface area contributed by atoms with Gasteiger partial charge in [-0.15, -0.1) is 0 Å². The molecule has 0 spiro atoms. The lowest BCUT2D eigenvalue weighted by atomic mass is 9.63. The van der Waals surface area contributed by atoms with E-state index >= 15 is 0 Å². The molecule has 2 aliphatic carbocycles. The highest BCUT2D eigenvalue weighted by Gasteiger charge is 2.50. The first-order valence-electron chi connectivity index (χ1n) is 7.95. The number of hydrogen-bond donors (Lipinski definition) is 0. The second-order valence-electron chi connectivity index (χ2n) is 6.24. The quantitative estimate of drug-likeness (QED) is 0.629. The number of ketones is 1. The van der Waals surface area contributed by atoms with Crippen molar-refractivity contribution < 1.29 is 14.3 Å². The van der Waals surface area contributed by atoms with E-state index in [1.165, 1.54) is 11.1 Å². The molecule has 3 heteroatoms. The van der Waals surface area contributed by atoms with Gasteiger partial charge < -0.3 is 4.74 Å². The van der Waals surface area contributed by atoms with Crippen LogP contribution in [0.4, 0.5) is 0 Å². The molecule has 0 aliphatic heterocycles. The van der Waals surface area contributed by atoms with Crippen LogP contribution in [0.2, 0.25) is 0 Å². The van der Waals surface area contributed by atoms with Gasteiger partial charge in [-0.05, 0) is 49.7 Å². The number of hydrogen-bond acceptors (Lipinski definition) is 3. The molecule has 3 nitrogen and oxygen atoms in total. The third kappa shape index (κ3) is 2.39. The molecule has 2 unspecified atom stereocenters. The van der Waals surface area contributed by atoms with Gasteiger partial charge in [0.25, 0.3) is 0 Å². The summed E-state index contributed by atoms with van der Waals surface area (Å²) in [5.41, 5.74) is 1.77. The van der Waals surface area contributed by atoms with Crippen LogP contribution in [-0.4, -0.2) is 18.4 Å². The molecule has 0 bridgehead atoms. The largest absolute Gasteiger partial charge is 0.465 e. The van der Waals surface area contributed by atoms with E-state index < -0.39 is 5.41 Å². The highest BCUT2D eigenvalue weighted by Crippen LogP contribution is 2.47. The van der Waals surface area contributed by atoms with Crippen LogP contribution in [0, 0.1) is 5.41 Å². The van der Waals surface area contributed by atoms with Gasteiger partial charge in [-0.2, -0.15) is 0 Å². The highest BCUT2D eigenvalue weighted by atomic mass is 16.5. The molecular formula is C18H22O3. The summed E-state index contributed by atoms with van der Waals surface area (Å²) < 4.78 is 5.25. The lowest BCUT2D eigenvalue weighted by Gasteiger charge is -2.40. The van der Waals surface area contributed by atoms with Crippen molar-refractivity contribution in [3.8, 4) is 0 Å². The first-order valence-corrected chi connectivity index (χ1v) is 7.95. The van der Waals surface area contributed by atoms with Crippen LogP contribution in [0.5, 0.6) is 0 Å². The van der Waals surface area contributed by atoms with Crippen LogP contribution in [0.1, 0.15) is 56.1 Å². The van der Waals surface area contributed by atoms with Crippen LogP contribution in [0.25, 0.3) is 0 Å². The zero-order valence-corrected chi connectivity index (χ0v) is 12.6. The summed E-state index contributed by atoms with van der Waals surface area (Å²) in [6, 6.07) is 8.33. The smallest absolute Gasteiger partial charge is 0.319 e. The van der Waals surface area contributed by atoms with Crippen LogP contribution in [0.15, 0.2) is 24.3 Å². The molecule has 0 saturated heterocycles. The fourth-order valence-electron chi connectivity index (χ4n) is 3.84. The molecule has 0 aromatic heterocycles. The first kappa shape index (κ1) is 14.3. The van der Waals surface area contributed by atoms with Crippen molar-refractivity contribution in [2.24, 2.45) is 5.41 Å². The number of Topliss-reactive ketones (excluding diaryl/α,β-unsaturated/α-hetero) is 1. The van der Waals surface area contributed by atoms with Crippen molar-refractivity contribution in [3.63, 3.8) is 0 Å². The number of esters is 1. The van der Waals surface area contributed by atoms with E-state index in [1.807, 2.05) is 12.1 Å². The Balaban J connectivity index is 1.84. The van der Waals surface area contributed by atoms with Gasteiger partial charge in [0, 0.05) is 6.42 Å². The fourth-order valence-corrected chi connectivity index (χ4v) is 3.84. The van der Waals surface area contributed by atoms with E-state index in [4.69, 9.17) is 4.74 Å². The molecule has 3 rings (SSSR count). The number of fused-ring (bicyclic) bond motifs is 1. The summed E-state index contributed by atoms with van der Waals surface area (Å²) >= 11 is 0. The maximum atomic E-state index is 12.5. The standard InChI is InChI=1S/C18H22O3/c1-2-21-17(20)18(10-6-5-9-16(18)19)12-14-11-13-7-3-4-8-15(13)14/h3-4,7-8,14H,2,5-6,9-12H2,1H3. The minimum Gasteiger partial charge on any atom is -0.465 e.